The molecule has 8 fully saturated rings. The Bertz CT molecular complexity index is 6020. The highest BCUT2D eigenvalue weighted by Crippen LogP contribution is 2.58. The van der Waals surface area contributed by atoms with Crippen molar-refractivity contribution in [2.75, 3.05) is 45.8 Å². The molecule has 0 bridgehead atoms. The van der Waals surface area contributed by atoms with Gasteiger partial charge >= 0.3 is 23.9 Å². The van der Waals surface area contributed by atoms with Crippen molar-refractivity contribution in [1.82, 2.24) is 19.6 Å². The number of hydrogen-bond donors (Lipinski definition) is 5. The molecule has 8 heterocycles. The van der Waals surface area contributed by atoms with Gasteiger partial charge in [-0.3, -0.25) is 58.0 Å². The summed E-state index contributed by atoms with van der Waals surface area (Å²) in [4.78, 5) is 112. The van der Waals surface area contributed by atoms with Crippen LogP contribution < -0.4 is 19.6 Å². The summed E-state index contributed by atoms with van der Waals surface area (Å²) in [7, 11) is 0. The lowest BCUT2D eigenvalue weighted by molar-refractivity contribution is -0.138. The number of aliphatic hydroxyl groups is 1. The second-order valence-corrected chi connectivity index (χ2v) is 42.1. The summed E-state index contributed by atoms with van der Waals surface area (Å²) in [6, 6.07) is 63.1. The van der Waals surface area contributed by atoms with Crippen LogP contribution in [0, 0.1) is 0 Å². The van der Waals surface area contributed by atoms with Crippen LogP contribution in [0.3, 0.4) is 0 Å². The van der Waals surface area contributed by atoms with Gasteiger partial charge in [0.2, 0.25) is 0 Å². The molecule has 129 heavy (non-hydrogen) atoms. The highest BCUT2D eigenvalue weighted by atomic mass is 79.9. The molecule has 20 rings (SSSR count). The second kappa shape index (κ2) is 39.8. The van der Waals surface area contributed by atoms with Crippen molar-refractivity contribution >= 4 is 257 Å². The Labute approximate surface area is 802 Å². The van der Waals surface area contributed by atoms with E-state index in [-0.39, 0.29) is 82.1 Å². The van der Waals surface area contributed by atoms with E-state index in [1.54, 1.807) is 0 Å². The highest BCUT2D eigenvalue weighted by Gasteiger charge is 2.48. The Morgan fingerprint density at radius 2 is 0.698 bits per heavy atom. The molecular weight excluding hydrogens is 1910 g/mol. The number of nitrogens with zero attached hydrogens (tertiary/aromatic N) is 8. The predicted octanol–water partition coefficient (Wildman–Crippen LogP) is 21.5. The van der Waals surface area contributed by atoms with Gasteiger partial charge in [0, 0.05) is 124 Å². The summed E-state index contributed by atoms with van der Waals surface area (Å²) in [5.74, 6) is -2.68. The third kappa shape index (κ3) is 19.4. The van der Waals surface area contributed by atoms with E-state index in [1.165, 1.54) is 180 Å². The zero-order valence-corrected chi connectivity index (χ0v) is 79.5. The maximum Gasteiger partial charge on any atom is 0.305 e. The van der Waals surface area contributed by atoms with Crippen LogP contribution >= 0.6 is 128 Å². The predicted molar refractivity (Wildman–Crippen MR) is 536 cm³/mol. The first kappa shape index (κ1) is 91.3. The number of carboxylic acid groups (broad SMARTS) is 4. The second-order valence-electron chi connectivity index (χ2n) is 33.6. The van der Waals surface area contributed by atoms with Crippen molar-refractivity contribution in [3.05, 3.63) is 260 Å². The van der Waals surface area contributed by atoms with Gasteiger partial charge < -0.3 is 45.1 Å². The normalized spacial score (nSPS) is 23.1. The van der Waals surface area contributed by atoms with Gasteiger partial charge in [0.05, 0.1) is 57.6 Å². The summed E-state index contributed by atoms with van der Waals surface area (Å²) in [5.41, 5.74) is 19.9. The molecular formula is C98H90Br2N8O13S8. The van der Waals surface area contributed by atoms with Crippen molar-refractivity contribution in [2.24, 2.45) is 0 Å². The zero-order valence-electron chi connectivity index (χ0n) is 69.8. The lowest BCUT2D eigenvalue weighted by Gasteiger charge is -2.28. The van der Waals surface area contributed by atoms with Crippen LogP contribution in [-0.2, 0) is 51.5 Å². The van der Waals surface area contributed by atoms with Crippen molar-refractivity contribution in [1.29, 1.82) is 0 Å². The van der Waals surface area contributed by atoms with Crippen LogP contribution in [0.1, 0.15) is 182 Å². The number of anilines is 7. The SMILES string of the molecule is O=C(O)CCN1C(=O)/C(=C\c2cc(Br)c3c(c2)C2CCCC2N3c2ccc(Br)cc2)SC1=S.O=C(O)CCN1C(=O)/C(=C\c2ccc3c(c2)C2CCCC2N3Cc2ccccc2)SC1=S.O=C(O)CCN1C(=O)/C(=C\c2ccc3c(c2)C2CCCC2N3c2ccc(CO)cc2)SC1=S.O=C(O)CCN1C(=O)/C(=C\c2ccc3c(c2)C2CCCC2N3c2ccccc2)SC1=S. The molecule has 5 N–H and O–H groups in total. The first-order valence-corrected chi connectivity index (χ1v) is 49.6. The van der Waals surface area contributed by atoms with Crippen molar-refractivity contribution in [3.8, 4) is 0 Å². The number of aliphatic carboxylic acids is 4. The number of carbonyl (C=O) groups is 8. The minimum absolute atomic E-state index is 0.0366. The van der Waals surface area contributed by atoms with E-state index in [4.69, 9.17) is 69.3 Å². The fourth-order valence-electron chi connectivity index (χ4n) is 20.2. The average Bonchev–Trinajstić information content (AvgIpc) is 1.53. The number of carboxylic acids is 4. The number of aliphatic hydroxyl groups excluding tert-OH is 1. The lowest BCUT2D eigenvalue weighted by Crippen LogP contribution is -2.30. The Kier molecular flexibility index (Phi) is 28.2. The van der Waals surface area contributed by atoms with Gasteiger partial charge in [0.25, 0.3) is 23.6 Å². The molecule has 0 spiro atoms. The molecule has 31 heteroatoms. The number of fused-ring (bicyclic) bond motifs is 12. The number of thiocarbonyl (C=S) groups is 4. The van der Waals surface area contributed by atoms with Gasteiger partial charge in [-0.05, 0) is 244 Å². The van der Waals surface area contributed by atoms with Crippen molar-refractivity contribution in [2.45, 2.75) is 164 Å². The summed E-state index contributed by atoms with van der Waals surface area (Å²) in [6.07, 6.45) is 21.3. The smallest absolute Gasteiger partial charge is 0.305 e. The number of benzene rings is 8. The van der Waals surface area contributed by atoms with Crippen LogP contribution in [0.4, 0.5) is 39.8 Å². The van der Waals surface area contributed by atoms with Crippen LogP contribution in [0.5, 0.6) is 0 Å². The maximum atomic E-state index is 12.8. The fraction of sp³-hybridized carbons (Fsp3) is 0.306. The van der Waals surface area contributed by atoms with E-state index >= 15 is 0 Å². The number of amides is 4. The molecule has 21 nitrogen and oxygen atoms in total. The van der Waals surface area contributed by atoms with Crippen LogP contribution in [-0.4, -0.2) is 160 Å². The molecule has 8 aromatic carbocycles. The summed E-state index contributed by atoms with van der Waals surface area (Å²) < 4.78 is 3.72. The van der Waals surface area contributed by atoms with Gasteiger partial charge in [-0.25, -0.2) is 0 Å². The number of para-hydroxylation sites is 1. The first-order chi connectivity index (χ1) is 62.3. The number of rotatable bonds is 22. The molecule has 4 saturated heterocycles. The first-order valence-electron chi connectivity index (χ1n) is 43.2. The lowest BCUT2D eigenvalue weighted by atomic mass is 9.96. The third-order valence-corrected chi connectivity index (χ3v) is 32.5. The third-order valence-electron chi connectivity index (χ3n) is 25.9. The van der Waals surface area contributed by atoms with E-state index in [0.717, 1.165) is 74.7 Å². The van der Waals surface area contributed by atoms with E-state index in [2.05, 4.69) is 203 Å². The van der Waals surface area contributed by atoms with E-state index in [0.29, 0.717) is 84.7 Å². The molecule has 8 aliphatic heterocycles. The molecule has 8 unspecified atom stereocenters. The van der Waals surface area contributed by atoms with Gasteiger partial charge in [-0.2, -0.15) is 0 Å². The Balaban J connectivity index is 0.000000121. The molecule has 8 aromatic rings. The minimum Gasteiger partial charge on any atom is -0.481 e. The zero-order chi connectivity index (χ0) is 90.2. The maximum absolute atomic E-state index is 12.8. The average molecular weight is 2000 g/mol. The molecule has 8 atom stereocenters. The van der Waals surface area contributed by atoms with Crippen LogP contribution in [0.25, 0.3) is 24.3 Å². The summed E-state index contributed by atoms with van der Waals surface area (Å²) in [5, 5.41) is 45.1. The molecule has 662 valence electrons. The minimum atomic E-state index is -0.951. The highest BCUT2D eigenvalue weighted by molar-refractivity contribution is 9.11. The quantitative estimate of drug-likeness (QED) is 0.0312. The Hall–Kier alpha value is -9.64. The van der Waals surface area contributed by atoms with Gasteiger partial charge in [0.15, 0.2) is 0 Å². The van der Waals surface area contributed by atoms with Crippen molar-refractivity contribution in [3.63, 3.8) is 0 Å². The summed E-state index contributed by atoms with van der Waals surface area (Å²) >= 11 is 33.5. The number of thioether (sulfide) groups is 4. The molecule has 4 aliphatic carbocycles. The fourth-order valence-corrected chi connectivity index (χ4v) is 26.4. The molecule has 0 radical (unpaired) electrons. The van der Waals surface area contributed by atoms with Crippen LogP contribution in [0.15, 0.2) is 204 Å². The van der Waals surface area contributed by atoms with Crippen molar-refractivity contribution < 1.29 is 63.9 Å². The Morgan fingerprint density at radius 3 is 1.11 bits per heavy atom. The van der Waals surface area contributed by atoms with E-state index in [1.807, 2.05) is 48.6 Å². The van der Waals surface area contributed by atoms with Crippen LogP contribution in [0.2, 0.25) is 0 Å². The number of halogens is 2. The standard InChI is InChI=1S/C25H24N2O4S2.C25H24N2O3S2.C24H20Br2N2O3S2.C24H22N2O3S2/c28-14-15-4-7-17(8-5-15)27-20-3-1-2-18(20)19-12-16(6-9-21(19)27)13-22-24(31)26(25(32)33-22)11-10-23(29)30;28-23(29)11-12-26-24(30)22(32-25(26)31)14-17-9-10-21-19(13-17)18-7-4-8-20(18)27(21)15-16-5-2-1-3-6-16;25-14-4-6-15(7-5-14)28-19-3-1-2-16(19)17-10-13(11-18(26)22(17)28)12-20-23(31)27(24(32)33-20)9-8-21(29)30;27-22(28)11-12-25-23(29)21(31-24(25)30)14-15-9-10-20-18(13-15)17-7-4-8-19(17)26(20)16-5-2-1-3-6-16/h4-9,12-13,18,20,28H,1-3,10-11,14H2,(H,29,30);1-3,5-6,9-10,13-14,18,20H,4,7-8,11-12,15H2,(H,28,29);4-7,10-12,16,19H,1-3,8-9H2,(H,29,30);1-3,5-6,9-10,13-14,17,19H,4,7-8,11-12H2,(H,27,28)/b22-13+;22-14+;20-12+;21-14+. The van der Waals surface area contributed by atoms with Gasteiger partial charge in [-0.15, -0.1) is 0 Å². The Morgan fingerprint density at radius 1 is 0.364 bits per heavy atom. The molecule has 4 amide bonds. The van der Waals surface area contributed by atoms with E-state index in [9.17, 15) is 43.5 Å². The number of carbonyl (C=O) groups excluding carboxylic acids is 4. The van der Waals surface area contributed by atoms with Gasteiger partial charge in [-0.1, -0.05) is 216 Å². The molecule has 4 saturated carbocycles. The molecule has 12 aliphatic rings. The summed E-state index contributed by atoms with van der Waals surface area (Å²) in [6.45, 7) is 1.36. The topological polar surface area (TPSA) is 264 Å². The number of hydrogen-bond acceptors (Lipinski definition) is 21. The molecule has 0 aromatic heterocycles. The monoisotopic (exact) mass is 2000 g/mol. The van der Waals surface area contributed by atoms with E-state index < -0.39 is 23.9 Å². The van der Waals surface area contributed by atoms with Gasteiger partial charge in [0.1, 0.15) is 17.3 Å². The largest absolute Gasteiger partial charge is 0.481 e.